The van der Waals surface area contributed by atoms with Crippen LogP contribution in [0.15, 0.2) is 46.2 Å². The summed E-state index contributed by atoms with van der Waals surface area (Å²) >= 11 is 6.42. The first kappa shape index (κ1) is 27.1. The van der Waals surface area contributed by atoms with E-state index in [1.165, 1.54) is 6.20 Å². The van der Waals surface area contributed by atoms with Crippen molar-refractivity contribution in [1.29, 1.82) is 0 Å². The van der Waals surface area contributed by atoms with Gasteiger partial charge in [0.1, 0.15) is 5.82 Å². The molecule has 0 aliphatic heterocycles. The largest absolute Gasteiger partial charge is 0.355 e. The fourth-order valence-corrected chi connectivity index (χ4v) is 4.41. The molecule has 0 saturated heterocycles. The number of aryl methyl sites for hydroxylation is 1. The molecule has 0 radical (unpaired) electrons. The molecule has 0 spiro atoms. The second-order valence-electron chi connectivity index (χ2n) is 9.65. The number of anilines is 2. The number of rotatable bonds is 8. The van der Waals surface area contributed by atoms with Crippen molar-refractivity contribution >= 4 is 34.1 Å². The number of hydrogen-bond donors (Lipinski definition) is 1. The number of benzene rings is 2. The van der Waals surface area contributed by atoms with Gasteiger partial charge in [-0.15, -0.1) is 5.10 Å². The van der Waals surface area contributed by atoms with Crippen molar-refractivity contribution in [1.82, 2.24) is 38.9 Å². The molecule has 0 aliphatic rings. The Hall–Kier alpha value is -4.46. The molecule has 0 aliphatic carbocycles. The van der Waals surface area contributed by atoms with Crippen molar-refractivity contribution in [3.63, 3.8) is 0 Å². The lowest BCUT2D eigenvalue weighted by atomic mass is 10.2. The molecule has 0 unspecified atom stereocenters. The molecule has 1 N–H and O–H groups in total. The Morgan fingerprint density at radius 3 is 2.50 bits per heavy atom. The van der Waals surface area contributed by atoms with Crippen molar-refractivity contribution in [2.24, 2.45) is 13.0 Å². The summed E-state index contributed by atoms with van der Waals surface area (Å²) in [5, 5.41) is 15.9. The van der Waals surface area contributed by atoms with Crippen LogP contribution in [0.2, 0.25) is 5.02 Å². The molecule has 0 bridgehead atoms. The summed E-state index contributed by atoms with van der Waals surface area (Å²) in [7, 11) is 1.74. The van der Waals surface area contributed by atoms with Gasteiger partial charge in [0, 0.05) is 36.8 Å². The second kappa shape index (κ2) is 10.6. The zero-order valence-electron chi connectivity index (χ0n) is 21.6. The van der Waals surface area contributed by atoms with Crippen LogP contribution in [0.1, 0.15) is 25.1 Å². The van der Waals surface area contributed by atoms with Crippen LogP contribution in [0.5, 0.6) is 0 Å². The maximum absolute atomic E-state index is 14.6. The summed E-state index contributed by atoms with van der Waals surface area (Å²) < 4.78 is 47.1. The van der Waals surface area contributed by atoms with Gasteiger partial charge in [-0.05, 0) is 24.1 Å². The fourth-order valence-electron chi connectivity index (χ4n) is 4.21. The molecule has 208 valence electrons. The van der Waals surface area contributed by atoms with Crippen LogP contribution in [0, 0.1) is 23.4 Å². The molecule has 15 heteroatoms. The third-order valence-electron chi connectivity index (χ3n) is 6.08. The van der Waals surface area contributed by atoms with Crippen LogP contribution in [0.4, 0.5) is 24.8 Å². The molecular weight excluding hydrogens is 551 g/mol. The van der Waals surface area contributed by atoms with Gasteiger partial charge in [-0.3, -0.25) is 9.25 Å². The van der Waals surface area contributed by atoms with Crippen molar-refractivity contribution in [3.05, 3.63) is 91.4 Å². The Morgan fingerprint density at radius 1 is 1.00 bits per heavy atom. The number of nitrogens with zero attached hydrogens (tertiary/aromatic N) is 8. The average molecular weight is 574 g/mol. The van der Waals surface area contributed by atoms with Crippen LogP contribution >= 0.6 is 11.6 Å². The number of fused-ring (bicyclic) bond motifs is 1. The molecule has 0 atom stereocenters. The Bertz CT molecular complexity index is 1860. The third kappa shape index (κ3) is 5.34. The van der Waals surface area contributed by atoms with E-state index in [2.05, 4.69) is 25.7 Å². The monoisotopic (exact) mass is 573 g/mol. The van der Waals surface area contributed by atoms with E-state index in [1.807, 2.05) is 13.8 Å². The van der Waals surface area contributed by atoms with Crippen molar-refractivity contribution < 1.29 is 13.2 Å². The maximum Gasteiger partial charge on any atom is 0.355 e. The summed E-state index contributed by atoms with van der Waals surface area (Å²) in [5.41, 5.74) is -0.783. The zero-order chi connectivity index (χ0) is 28.7. The molecular formula is C25H23ClF3N9O2. The first-order valence-electron chi connectivity index (χ1n) is 12.1. The molecule has 3 aromatic heterocycles. The standard InChI is InChI=1S/C25H23ClF3N9O2/c1-13(2)9-38-16(8-30-34-38)12-37-24(39)32-23(31-22-5-15-10-35(3)33-21(15)6-17(22)26)36(25(37)40)11-14-4-19(28)20(29)7-18(14)27/h4-8,10,13H,9,11-12H2,1-3H3,(H,31,32,39). The normalized spacial score (nSPS) is 11.6. The Labute approximate surface area is 229 Å². The van der Waals surface area contributed by atoms with Gasteiger partial charge in [-0.1, -0.05) is 30.7 Å². The van der Waals surface area contributed by atoms with E-state index in [1.54, 1.807) is 34.7 Å². The van der Waals surface area contributed by atoms with Crippen LogP contribution < -0.4 is 16.7 Å². The smallest absolute Gasteiger partial charge is 0.324 e. The van der Waals surface area contributed by atoms with Gasteiger partial charge in [0.2, 0.25) is 5.95 Å². The Balaban J connectivity index is 1.63. The van der Waals surface area contributed by atoms with Gasteiger partial charge in [-0.25, -0.2) is 32.0 Å². The number of hydrogen-bond acceptors (Lipinski definition) is 7. The molecule has 5 rings (SSSR count). The molecule has 40 heavy (non-hydrogen) atoms. The molecule has 0 saturated carbocycles. The summed E-state index contributed by atoms with van der Waals surface area (Å²) in [6, 6.07) is 4.25. The van der Waals surface area contributed by atoms with E-state index in [0.29, 0.717) is 35.3 Å². The highest BCUT2D eigenvalue weighted by Crippen LogP contribution is 2.29. The average Bonchev–Trinajstić information content (AvgIpc) is 3.46. The lowest BCUT2D eigenvalue weighted by molar-refractivity contribution is 0.448. The summed E-state index contributed by atoms with van der Waals surface area (Å²) in [5.74, 6) is -3.83. The van der Waals surface area contributed by atoms with E-state index in [9.17, 15) is 22.8 Å². The summed E-state index contributed by atoms with van der Waals surface area (Å²) in [6.45, 7) is 3.62. The highest BCUT2D eigenvalue weighted by Gasteiger charge is 2.20. The first-order valence-corrected chi connectivity index (χ1v) is 12.5. The van der Waals surface area contributed by atoms with Gasteiger partial charge in [0.25, 0.3) is 0 Å². The third-order valence-corrected chi connectivity index (χ3v) is 6.39. The second-order valence-corrected chi connectivity index (χ2v) is 10.1. The van der Waals surface area contributed by atoms with E-state index in [0.717, 1.165) is 9.13 Å². The highest BCUT2D eigenvalue weighted by molar-refractivity contribution is 6.34. The number of aromatic nitrogens is 8. The van der Waals surface area contributed by atoms with Crippen LogP contribution in [-0.2, 0) is 26.7 Å². The molecule has 11 nitrogen and oxygen atoms in total. The number of nitrogens with one attached hydrogen (secondary N) is 1. The minimum atomic E-state index is -1.38. The van der Waals surface area contributed by atoms with E-state index < -0.39 is 35.4 Å². The zero-order valence-corrected chi connectivity index (χ0v) is 22.3. The van der Waals surface area contributed by atoms with Crippen LogP contribution in [0.3, 0.4) is 0 Å². The molecule has 3 heterocycles. The van der Waals surface area contributed by atoms with Crippen LogP contribution in [0.25, 0.3) is 10.9 Å². The van der Waals surface area contributed by atoms with Crippen molar-refractivity contribution in [2.45, 2.75) is 33.5 Å². The highest BCUT2D eigenvalue weighted by atomic mass is 35.5. The van der Waals surface area contributed by atoms with E-state index in [-0.39, 0.29) is 34.7 Å². The van der Waals surface area contributed by atoms with Gasteiger partial charge < -0.3 is 5.32 Å². The van der Waals surface area contributed by atoms with Crippen molar-refractivity contribution in [3.8, 4) is 0 Å². The lowest BCUT2D eigenvalue weighted by Crippen LogP contribution is -2.43. The molecule has 0 amide bonds. The lowest BCUT2D eigenvalue weighted by Gasteiger charge is -2.17. The minimum absolute atomic E-state index is 0.205. The summed E-state index contributed by atoms with van der Waals surface area (Å²) in [4.78, 5) is 30.8. The minimum Gasteiger partial charge on any atom is -0.324 e. The summed E-state index contributed by atoms with van der Waals surface area (Å²) in [6.07, 6.45) is 3.16. The van der Waals surface area contributed by atoms with Gasteiger partial charge >= 0.3 is 11.4 Å². The van der Waals surface area contributed by atoms with E-state index in [4.69, 9.17) is 11.6 Å². The quantitative estimate of drug-likeness (QED) is 0.283. The van der Waals surface area contributed by atoms with Crippen molar-refractivity contribution in [2.75, 3.05) is 5.32 Å². The topological polar surface area (TPSA) is 117 Å². The Morgan fingerprint density at radius 2 is 1.75 bits per heavy atom. The van der Waals surface area contributed by atoms with Gasteiger partial charge in [0.15, 0.2) is 11.6 Å². The molecule has 0 fully saturated rings. The maximum atomic E-state index is 14.6. The first-order chi connectivity index (χ1) is 19.0. The number of halogens is 4. The van der Waals surface area contributed by atoms with Gasteiger partial charge in [0.05, 0.1) is 41.2 Å². The fraction of sp³-hybridized carbons (Fsp3) is 0.280. The molecule has 5 aromatic rings. The predicted molar refractivity (Wildman–Crippen MR) is 141 cm³/mol. The predicted octanol–water partition coefficient (Wildman–Crippen LogP) is 3.45. The van der Waals surface area contributed by atoms with Gasteiger partial charge in [-0.2, -0.15) is 10.1 Å². The Kier molecular flexibility index (Phi) is 7.19. The SMILES string of the molecule is CC(C)Cn1nncc1Cn1c(=O)nc(Nc2cc3cn(C)nc3cc2Cl)n(Cc2cc(F)c(F)cc2F)c1=O. The van der Waals surface area contributed by atoms with Crippen LogP contribution in [-0.4, -0.2) is 38.9 Å². The molecule has 2 aromatic carbocycles. The van der Waals surface area contributed by atoms with E-state index >= 15 is 0 Å².